The summed E-state index contributed by atoms with van der Waals surface area (Å²) in [7, 11) is 0. The Morgan fingerprint density at radius 1 is 1.19 bits per heavy atom. The molecule has 0 saturated carbocycles. The van der Waals surface area contributed by atoms with E-state index < -0.39 is 0 Å². The molecule has 2 aromatic carbocycles. The van der Waals surface area contributed by atoms with E-state index in [2.05, 4.69) is 60.3 Å². The lowest BCUT2D eigenvalue weighted by Gasteiger charge is -2.14. The van der Waals surface area contributed by atoms with Crippen molar-refractivity contribution >= 4 is 18.4 Å². The van der Waals surface area contributed by atoms with Crippen LogP contribution in [0.4, 0.5) is 0 Å². The average Bonchev–Trinajstić information content (AvgIpc) is 2.98. The Bertz CT molecular complexity index is 1020. The van der Waals surface area contributed by atoms with Crippen molar-refractivity contribution in [2.75, 3.05) is 0 Å². The predicted octanol–water partition coefficient (Wildman–Crippen LogP) is 5.14. The smallest absolute Gasteiger partial charge is 0.216 e. The first-order valence-electron chi connectivity index (χ1n) is 8.94. The van der Waals surface area contributed by atoms with E-state index in [0.717, 1.165) is 16.9 Å². The van der Waals surface area contributed by atoms with E-state index in [1.807, 2.05) is 25.1 Å². The Kier molecular flexibility index (Phi) is 5.86. The number of hydrogen-bond donors (Lipinski definition) is 1. The number of ether oxygens (including phenoxy) is 1. The minimum atomic E-state index is 0.279. The summed E-state index contributed by atoms with van der Waals surface area (Å²) in [6.07, 6.45) is 1.77. The molecule has 0 bridgehead atoms. The summed E-state index contributed by atoms with van der Waals surface area (Å²) < 4.78 is 8.10. The SMILES string of the molecule is Cc1cccc(/C=N\n2c(COc3cc(C)ccc3C(C)C)n[nH]c2=S)c1. The number of benzene rings is 2. The lowest BCUT2D eigenvalue weighted by Crippen LogP contribution is -2.06. The molecule has 0 radical (unpaired) electrons. The fourth-order valence-corrected chi connectivity index (χ4v) is 3.00. The Labute approximate surface area is 164 Å². The molecule has 0 atom stereocenters. The highest BCUT2D eigenvalue weighted by Crippen LogP contribution is 2.28. The summed E-state index contributed by atoms with van der Waals surface area (Å²) in [5, 5.41) is 11.5. The predicted molar refractivity (Wildman–Crippen MR) is 111 cm³/mol. The second-order valence-electron chi connectivity index (χ2n) is 6.90. The standard InChI is InChI=1S/C21H24N4OS/c1-14(2)18-9-8-16(4)11-19(18)26-13-20-23-24-21(27)25(20)22-12-17-7-5-6-15(3)10-17/h5-12,14H,13H2,1-4H3,(H,24,27)/b22-12-. The summed E-state index contributed by atoms with van der Waals surface area (Å²) >= 11 is 5.31. The lowest BCUT2D eigenvalue weighted by molar-refractivity contribution is 0.286. The van der Waals surface area contributed by atoms with Crippen LogP contribution in [0.1, 0.15) is 47.8 Å². The lowest BCUT2D eigenvalue weighted by atomic mass is 10.0. The number of nitrogens with one attached hydrogen (secondary N) is 1. The molecule has 0 spiro atoms. The van der Waals surface area contributed by atoms with E-state index >= 15 is 0 Å². The van der Waals surface area contributed by atoms with Crippen molar-refractivity contribution in [3.63, 3.8) is 0 Å². The first-order chi connectivity index (χ1) is 12.9. The van der Waals surface area contributed by atoms with Gasteiger partial charge in [0.1, 0.15) is 12.4 Å². The van der Waals surface area contributed by atoms with Gasteiger partial charge in [0, 0.05) is 0 Å². The van der Waals surface area contributed by atoms with Crippen molar-refractivity contribution in [3.8, 4) is 5.75 Å². The third-order valence-electron chi connectivity index (χ3n) is 4.23. The van der Waals surface area contributed by atoms with E-state index in [-0.39, 0.29) is 6.61 Å². The summed E-state index contributed by atoms with van der Waals surface area (Å²) in [4.78, 5) is 0. The highest BCUT2D eigenvalue weighted by atomic mass is 32.1. The van der Waals surface area contributed by atoms with Gasteiger partial charge >= 0.3 is 0 Å². The van der Waals surface area contributed by atoms with E-state index in [9.17, 15) is 0 Å². The Balaban J connectivity index is 1.82. The number of rotatable bonds is 6. The number of H-pyrrole nitrogens is 1. The number of aryl methyl sites for hydroxylation is 2. The molecule has 1 heterocycles. The second-order valence-corrected chi connectivity index (χ2v) is 7.29. The molecule has 1 aromatic heterocycles. The van der Waals surface area contributed by atoms with Gasteiger partial charge in [0.05, 0.1) is 6.21 Å². The monoisotopic (exact) mass is 380 g/mol. The van der Waals surface area contributed by atoms with Gasteiger partial charge in [-0.05, 0) is 54.7 Å². The molecule has 1 N–H and O–H groups in total. The fourth-order valence-electron chi connectivity index (χ4n) is 2.80. The number of aromatic amines is 1. The van der Waals surface area contributed by atoms with Gasteiger partial charge in [0.25, 0.3) is 0 Å². The molecule has 0 unspecified atom stereocenters. The summed E-state index contributed by atoms with van der Waals surface area (Å²) in [5.74, 6) is 1.87. The van der Waals surface area contributed by atoms with E-state index in [1.165, 1.54) is 11.1 Å². The molecule has 6 heteroatoms. The molecule has 0 aliphatic rings. The quantitative estimate of drug-likeness (QED) is 0.476. The zero-order valence-corrected chi connectivity index (χ0v) is 16.9. The molecule has 3 rings (SSSR count). The van der Waals surface area contributed by atoms with Crippen LogP contribution in [-0.2, 0) is 6.61 Å². The van der Waals surface area contributed by atoms with Crippen LogP contribution in [0.3, 0.4) is 0 Å². The molecule has 0 saturated heterocycles. The molecule has 0 amide bonds. The molecule has 0 aliphatic heterocycles. The second kappa shape index (κ2) is 8.31. The molecule has 3 aromatic rings. The van der Waals surface area contributed by atoms with Gasteiger partial charge in [-0.3, -0.25) is 0 Å². The van der Waals surface area contributed by atoms with Crippen molar-refractivity contribution in [1.82, 2.24) is 14.9 Å². The maximum absolute atomic E-state index is 6.07. The molecular formula is C21H24N4OS. The van der Waals surface area contributed by atoms with Crippen molar-refractivity contribution in [1.29, 1.82) is 0 Å². The van der Waals surface area contributed by atoms with Gasteiger partial charge < -0.3 is 4.74 Å². The van der Waals surface area contributed by atoms with Crippen LogP contribution in [-0.4, -0.2) is 21.1 Å². The van der Waals surface area contributed by atoms with Crippen LogP contribution < -0.4 is 4.74 Å². The van der Waals surface area contributed by atoms with Gasteiger partial charge in [0.15, 0.2) is 5.82 Å². The molecule has 0 fully saturated rings. The Morgan fingerprint density at radius 2 is 1.96 bits per heavy atom. The van der Waals surface area contributed by atoms with Crippen LogP contribution in [0.2, 0.25) is 0 Å². The normalized spacial score (nSPS) is 11.4. The van der Waals surface area contributed by atoms with Crippen LogP contribution in [0.15, 0.2) is 47.6 Å². The Hall–Kier alpha value is -2.73. The highest BCUT2D eigenvalue weighted by Gasteiger charge is 2.11. The van der Waals surface area contributed by atoms with Crippen LogP contribution in [0.25, 0.3) is 0 Å². The highest BCUT2D eigenvalue weighted by molar-refractivity contribution is 7.71. The van der Waals surface area contributed by atoms with Crippen LogP contribution in [0, 0.1) is 18.6 Å². The summed E-state index contributed by atoms with van der Waals surface area (Å²) in [5.41, 5.74) is 4.51. The van der Waals surface area contributed by atoms with E-state index in [4.69, 9.17) is 17.0 Å². The Morgan fingerprint density at radius 3 is 2.70 bits per heavy atom. The van der Waals surface area contributed by atoms with Crippen molar-refractivity contribution in [2.45, 2.75) is 40.2 Å². The van der Waals surface area contributed by atoms with Gasteiger partial charge in [-0.2, -0.15) is 14.9 Å². The van der Waals surface area contributed by atoms with Gasteiger partial charge in [-0.1, -0.05) is 55.8 Å². The summed E-state index contributed by atoms with van der Waals surface area (Å²) in [6, 6.07) is 14.4. The maximum Gasteiger partial charge on any atom is 0.216 e. The van der Waals surface area contributed by atoms with Crippen LogP contribution in [0.5, 0.6) is 5.75 Å². The van der Waals surface area contributed by atoms with Crippen molar-refractivity contribution in [2.24, 2.45) is 5.10 Å². The first-order valence-corrected chi connectivity index (χ1v) is 9.35. The summed E-state index contributed by atoms with van der Waals surface area (Å²) in [6.45, 7) is 8.69. The number of hydrogen-bond acceptors (Lipinski definition) is 4. The molecule has 0 aliphatic carbocycles. The van der Waals surface area contributed by atoms with Gasteiger partial charge in [-0.25, -0.2) is 5.10 Å². The maximum atomic E-state index is 6.07. The largest absolute Gasteiger partial charge is 0.485 e. The third-order valence-corrected chi connectivity index (χ3v) is 4.49. The number of nitrogens with zero attached hydrogens (tertiary/aromatic N) is 3. The average molecular weight is 381 g/mol. The molecule has 5 nitrogen and oxygen atoms in total. The van der Waals surface area contributed by atoms with Crippen molar-refractivity contribution < 1.29 is 4.74 Å². The zero-order chi connectivity index (χ0) is 19.4. The third kappa shape index (κ3) is 4.71. The zero-order valence-electron chi connectivity index (χ0n) is 16.1. The van der Waals surface area contributed by atoms with Gasteiger partial charge in [-0.15, -0.1) is 0 Å². The molecule has 140 valence electrons. The minimum Gasteiger partial charge on any atom is -0.485 e. The molecular weight excluding hydrogens is 356 g/mol. The minimum absolute atomic E-state index is 0.279. The fraction of sp³-hybridized carbons (Fsp3) is 0.286. The van der Waals surface area contributed by atoms with Gasteiger partial charge in [0.2, 0.25) is 4.77 Å². The van der Waals surface area contributed by atoms with E-state index in [0.29, 0.717) is 16.5 Å². The van der Waals surface area contributed by atoms with E-state index in [1.54, 1.807) is 10.9 Å². The van der Waals surface area contributed by atoms with Crippen LogP contribution >= 0.6 is 12.2 Å². The molecule has 27 heavy (non-hydrogen) atoms. The topological polar surface area (TPSA) is 55.2 Å². The first kappa shape index (κ1) is 19.0. The number of aromatic nitrogens is 3. The van der Waals surface area contributed by atoms with Crippen molar-refractivity contribution in [3.05, 3.63) is 75.3 Å².